The Morgan fingerprint density at radius 1 is 1.50 bits per heavy atom. The topological polar surface area (TPSA) is 128 Å². The number of carbonyl (C=O) groups excluding carboxylic acids is 1. The molecule has 0 spiro atoms. The number of benzene rings is 1. The van der Waals surface area contributed by atoms with Crippen molar-refractivity contribution >= 4 is 23.4 Å². The Labute approximate surface area is 105 Å². The summed E-state index contributed by atoms with van der Waals surface area (Å²) in [5, 5.41) is 17.6. The van der Waals surface area contributed by atoms with Crippen LogP contribution in [0.15, 0.2) is 34.6 Å². The van der Waals surface area contributed by atoms with Crippen LogP contribution in [0.1, 0.15) is 10.4 Å². The zero-order chi connectivity index (χ0) is 13.1. The number of primary amides is 1. The van der Waals surface area contributed by atoms with E-state index in [9.17, 15) is 14.9 Å². The van der Waals surface area contributed by atoms with Gasteiger partial charge in [-0.2, -0.15) is 5.10 Å². The fourth-order valence-corrected chi connectivity index (χ4v) is 2.03. The first-order valence-corrected chi connectivity index (χ1v) is 5.51. The fraction of sp³-hybridized carbons (Fsp3) is 0. The first-order chi connectivity index (χ1) is 8.58. The molecule has 0 aliphatic heterocycles. The molecular formula is C9H7N5O3S. The van der Waals surface area contributed by atoms with Gasteiger partial charge in [-0.25, -0.2) is 4.98 Å². The smallest absolute Gasteiger partial charge is 0.284 e. The standard InChI is InChI=1S/C9H7N5O3S/c10-8(15)5-1-2-7(6(3-5)14(16)17)18-9-11-4-12-13-9/h1-4H,(H2,10,15)(H,11,12,13). The molecule has 9 heteroatoms. The molecule has 2 aromatic rings. The van der Waals surface area contributed by atoms with Crippen LogP contribution in [0.4, 0.5) is 5.69 Å². The van der Waals surface area contributed by atoms with Crippen LogP contribution in [0.3, 0.4) is 0 Å². The molecule has 2 rings (SSSR count). The Morgan fingerprint density at radius 2 is 2.28 bits per heavy atom. The van der Waals surface area contributed by atoms with Gasteiger partial charge in [-0.1, -0.05) is 0 Å². The third-order valence-electron chi connectivity index (χ3n) is 2.04. The number of amides is 1. The number of carbonyl (C=O) groups is 1. The van der Waals surface area contributed by atoms with Crippen molar-refractivity contribution in [3.8, 4) is 0 Å². The normalized spacial score (nSPS) is 10.2. The number of aromatic amines is 1. The average molecular weight is 265 g/mol. The minimum atomic E-state index is -0.714. The van der Waals surface area contributed by atoms with Crippen molar-refractivity contribution in [2.24, 2.45) is 5.73 Å². The largest absolute Gasteiger partial charge is 0.366 e. The van der Waals surface area contributed by atoms with Gasteiger partial charge in [0.05, 0.1) is 9.82 Å². The van der Waals surface area contributed by atoms with E-state index in [1.54, 1.807) is 0 Å². The van der Waals surface area contributed by atoms with E-state index < -0.39 is 10.8 Å². The number of nitrogens with one attached hydrogen (secondary N) is 1. The lowest BCUT2D eigenvalue weighted by molar-refractivity contribution is -0.387. The first-order valence-electron chi connectivity index (χ1n) is 4.69. The summed E-state index contributed by atoms with van der Waals surface area (Å²) in [6.45, 7) is 0. The highest BCUT2D eigenvalue weighted by Gasteiger charge is 2.18. The molecular weight excluding hydrogens is 258 g/mol. The van der Waals surface area contributed by atoms with E-state index in [2.05, 4.69) is 15.2 Å². The molecule has 1 heterocycles. The number of nitro benzene ring substituents is 1. The van der Waals surface area contributed by atoms with Gasteiger partial charge in [0.2, 0.25) is 5.91 Å². The molecule has 0 aliphatic rings. The predicted molar refractivity (Wildman–Crippen MR) is 62.1 cm³/mol. The van der Waals surface area contributed by atoms with E-state index in [4.69, 9.17) is 5.73 Å². The number of nitrogens with two attached hydrogens (primary N) is 1. The number of nitrogens with zero attached hydrogens (tertiary/aromatic N) is 3. The highest BCUT2D eigenvalue weighted by Crippen LogP contribution is 2.33. The first kappa shape index (κ1) is 12.0. The lowest BCUT2D eigenvalue weighted by Crippen LogP contribution is -2.11. The van der Waals surface area contributed by atoms with E-state index in [-0.39, 0.29) is 11.3 Å². The third-order valence-corrected chi connectivity index (χ3v) is 2.99. The van der Waals surface area contributed by atoms with Crippen molar-refractivity contribution < 1.29 is 9.72 Å². The molecule has 0 radical (unpaired) electrons. The average Bonchev–Trinajstić information content (AvgIpc) is 2.81. The molecule has 8 nitrogen and oxygen atoms in total. The van der Waals surface area contributed by atoms with E-state index in [1.807, 2.05) is 0 Å². The zero-order valence-electron chi connectivity index (χ0n) is 8.86. The van der Waals surface area contributed by atoms with Gasteiger partial charge in [-0.3, -0.25) is 20.0 Å². The van der Waals surface area contributed by atoms with Crippen molar-refractivity contribution in [1.82, 2.24) is 15.2 Å². The maximum atomic E-state index is 11.0. The van der Waals surface area contributed by atoms with Crippen LogP contribution >= 0.6 is 11.8 Å². The maximum absolute atomic E-state index is 11.0. The molecule has 18 heavy (non-hydrogen) atoms. The Hall–Kier alpha value is -2.42. The van der Waals surface area contributed by atoms with Crippen molar-refractivity contribution in [2.75, 3.05) is 0 Å². The van der Waals surface area contributed by atoms with Crippen LogP contribution in [0.5, 0.6) is 0 Å². The molecule has 1 aromatic heterocycles. The zero-order valence-corrected chi connectivity index (χ0v) is 9.68. The summed E-state index contributed by atoms with van der Waals surface area (Å²) in [6.07, 6.45) is 1.30. The van der Waals surface area contributed by atoms with Gasteiger partial charge in [-0.05, 0) is 23.9 Å². The Morgan fingerprint density at radius 3 is 2.83 bits per heavy atom. The summed E-state index contributed by atoms with van der Waals surface area (Å²) in [5.41, 5.74) is 4.96. The van der Waals surface area contributed by atoms with Crippen molar-refractivity contribution in [3.63, 3.8) is 0 Å². The van der Waals surface area contributed by atoms with Gasteiger partial charge < -0.3 is 5.73 Å². The van der Waals surface area contributed by atoms with Crippen LogP contribution in [0.2, 0.25) is 0 Å². The van der Waals surface area contributed by atoms with E-state index in [1.165, 1.54) is 18.5 Å². The van der Waals surface area contributed by atoms with Gasteiger partial charge in [0.1, 0.15) is 6.33 Å². The minimum Gasteiger partial charge on any atom is -0.366 e. The lowest BCUT2D eigenvalue weighted by atomic mass is 10.2. The molecule has 0 atom stereocenters. The van der Waals surface area contributed by atoms with Crippen molar-refractivity contribution in [3.05, 3.63) is 40.2 Å². The molecule has 0 fully saturated rings. The lowest BCUT2D eigenvalue weighted by Gasteiger charge is -2.01. The summed E-state index contributed by atoms with van der Waals surface area (Å²) in [6, 6.07) is 4.01. The van der Waals surface area contributed by atoms with Crippen LogP contribution in [0.25, 0.3) is 0 Å². The molecule has 0 unspecified atom stereocenters. The second-order valence-electron chi connectivity index (χ2n) is 3.20. The Balaban J connectivity index is 2.40. The molecule has 0 aliphatic carbocycles. The molecule has 1 amide bonds. The van der Waals surface area contributed by atoms with Crippen LogP contribution in [-0.2, 0) is 0 Å². The fourth-order valence-electron chi connectivity index (χ4n) is 1.25. The highest BCUT2D eigenvalue weighted by molar-refractivity contribution is 7.99. The summed E-state index contributed by atoms with van der Waals surface area (Å²) in [7, 11) is 0. The molecule has 1 aromatic carbocycles. The number of rotatable bonds is 4. The SMILES string of the molecule is NC(=O)c1ccc(Sc2ncn[nH]2)c([N+](=O)[O-])c1. The number of nitro groups is 1. The predicted octanol–water partition coefficient (Wildman–Crippen LogP) is 0.963. The van der Waals surface area contributed by atoms with Gasteiger partial charge >= 0.3 is 0 Å². The van der Waals surface area contributed by atoms with E-state index >= 15 is 0 Å². The van der Waals surface area contributed by atoms with Crippen LogP contribution in [-0.4, -0.2) is 26.0 Å². The molecule has 0 bridgehead atoms. The second-order valence-corrected chi connectivity index (χ2v) is 4.23. The third kappa shape index (κ3) is 2.46. The van der Waals surface area contributed by atoms with E-state index in [0.717, 1.165) is 17.8 Å². The number of hydrogen-bond acceptors (Lipinski definition) is 6. The summed E-state index contributed by atoms with van der Waals surface area (Å²) in [4.78, 5) is 25.5. The van der Waals surface area contributed by atoms with Gasteiger partial charge in [-0.15, -0.1) is 0 Å². The van der Waals surface area contributed by atoms with Crippen molar-refractivity contribution in [1.29, 1.82) is 0 Å². The van der Waals surface area contributed by atoms with Crippen LogP contribution in [0, 0.1) is 10.1 Å². The summed E-state index contributed by atoms with van der Waals surface area (Å²) >= 11 is 1.05. The van der Waals surface area contributed by atoms with E-state index in [0.29, 0.717) is 10.1 Å². The molecule has 92 valence electrons. The van der Waals surface area contributed by atoms with Crippen molar-refractivity contribution in [2.45, 2.75) is 10.1 Å². The maximum Gasteiger partial charge on any atom is 0.284 e. The Kier molecular flexibility index (Phi) is 3.24. The monoisotopic (exact) mass is 265 g/mol. The molecule has 0 saturated heterocycles. The van der Waals surface area contributed by atoms with Gasteiger partial charge in [0.15, 0.2) is 5.16 Å². The highest BCUT2D eigenvalue weighted by atomic mass is 32.2. The minimum absolute atomic E-state index is 0.0867. The van der Waals surface area contributed by atoms with Gasteiger partial charge in [0.25, 0.3) is 5.69 Å². The van der Waals surface area contributed by atoms with Crippen LogP contribution < -0.4 is 5.73 Å². The molecule has 3 N–H and O–H groups in total. The summed E-state index contributed by atoms with van der Waals surface area (Å²) < 4.78 is 0. The number of hydrogen-bond donors (Lipinski definition) is 2. The number of H-pyrrole nitrogens is 1. The molecule has 0 saturated carbocycles. The quantitative estimate of drug-likeness (QED) is 0.626. The van der Waals surface area contributed by atoms with Gasteiger partial charge in [0, 0.05) is 11.6 Å². The second kappa shape index (κ2) is 4.84. The Bertz CT molecular complexity index is 598. The number of aromatic nitrogens is 3. The summed E-state index contributed by atoms with van der Waals surface area (Å²) in [5.74, 6) is -0.714.